The van der Waals surface area contributed by atoms with E-state index in [4.69, 9.17) is 10.5 Å². The number of fused-ring (bicyclic) bond motifs is 1. The van der Waals surface area contributed by atoms with E-state index >= 15 is 0 Å². The van der Waals surface area contributed by atoms with Gasteiger partial charge in [0.05, 0.1) is 19.7 Å². The Hall–Kier alpha value is -5.00. The lowest BCUT2D eigenvalue weighted by atomic mass is 10.1. The van der Waals surface area contributed by atoms with Crippen molar-refractivity contribution in [1.29, 1.82) is 0 Å². The van der Waals surface area contributed by atoms with Crippen LogP contribution in [-0.4, -0.2) is 41.6 Å². The molecule has 5 aromatic rings. The molecule has 200 valence electrons. The first-order chi connectivity index (χ1) is 18.7. The number of rotatable bonds is 8. The van der Waals surface area contributed by atoms with Gasteiger partial charge in [-0.2, -0.15) is 20.4 Å². The Morgan fingerprint density at radius 2 is 1.77 bits per heavy atom. The zero-order valence-corrected chi connectivity index (χ0v) is 22.1. The molecule has 0 aliphatic rings. The monoisotopic (exact) mass is 527 g/mol. The van der Waals surface area contributed by atoms with Crippen LogP contribution in [0.25, 0.3) is 11.0 Å². The molecule has 12 heteroatoms. The van der Waals surface area contributed by atoms with Gasteiger partial charge in [0.25, 0.3) is 0 Å². The van der Waals surface area contributed by atoms with E-state index < -0.39 is 17.4 Å². The molecule has 0 amide bonds. The number of benzene rings is 2. The fraction of sp³-hybridized carbons (Fsp3) is 0.259. The normalized spacial score (nSPS) is 12.0. The second kappa shape index (κ2) is 10.4. The van der Waals surface area contributed by atoms with Crippen molar-refractivity contribution >= 4 is 22.8 Å². The number of aromatic amines is 1. The van der Waals surface area contributed by atoms with Crippen LogP contribution < -0.4 is 27.2 Å². The molecule has 0 spiro atoms. The average Bonchev–Trinajstić information content (AvgIpc) is 3.38. The quantitative estimate of drug-likeness (QED) is 0.276. The number of H-pyrrole nitrogens is 1. The number of hydrogen-bond acceptors (Lipinski definition) is 9. The van der Waals surface area contributed by atoms with Crippen LogP contribution in [0.4, 0.5) is 11.8 Å². The van der Waals surface area contributed by atoms with Crippen molar-refractivity contribution in [3.8, 4) is 5.75 Å². The van der Waals surface area contributed by atoms with Gasteiger partial charge in [-0.3, -0.25) is 4.57 Å². The molecule has 0 saturated carbocycles. The molecule has 5 rings (SSSR count). The van der Waals surface area contributed by atoms with Crippen LogP contribution in [-0.2, 0) is 13.1 Å². The van der Waals surface area contributed by atoms with Crippen molar-refractivity contribution in [3.05, 3.63) is 97.4 Å². The molecule has 2 aromatic carbocycles. The van der Waals surface area contributed by atoms with E-state index in [1.807, 2.05) is 50.2 Å². The van der Waals surface area contributed by atoms with Crippen LogP contribution >= 0.6 is 0 Å². The molecule has 0 bridgehead atoms. The van der Waals surface area contributed by atoms with Crippen LogP contribution in [0, 0.1) is 13.8 Å². The Labute approximate surface area is 223 Å². The predicted octanol–water partition coefficient (Wildman–Crippen LogP) is 2.55. The largest absolute Gasteiger partial charge is 0.497 e. The summed E-state index contributed by atoms with van der Waals surface area (Å²) in [5.74, 6) is 1.21. The molecule has 0 aliphatic carbocycles. The molecule has 12 nitrogen and oxygen atoms in total. The molecule has 0 radical (unpaired) electrons. The number of nitrogens with two attached hydrogens (primary N) is 1. The summed E-state index contributed by atoms with van der Waals surface area (Å²) >= 11 is 0. The first-order valence-electron chi connectivity index (χ1n) is 12.4. The highest BCUT2D eigenvalue weighted by molar-refractivity contribution is 5.74. The second-order valence-electron chi connectivity index (χ2n) is 9.35. The first-order valence-corrected chi connectivity index (χ1v) is 12.4. The van der Waals surface area contributed by atoms with Gasteiger partial charge in [-0.1, -0.05) is 18.2 Å². The number of methoxy groups -OCH3 is 1. The minimum atomic E-state index is -0.673. The molecule has 0 fully saturated rings. The molecule has 4 N–H and O–H groups in total. The Kier molecular flexibility index (Phi) is 6.84. The third-order valence-electron chi connectivity index (χ3n) is 6.74. The molecular formula is C27H29N9O3. The lowest BCUT2D eigenvalue weighted by Crippen LogP contribution is -2.44. The molecule has 3 heterocycles. The van der Waals surface area contributed by atoms with E-state index in [9.17, 15) is 9.59 Å². The molecule has 1 unspecified atom stereocenters. The maximum absolute atomic E-state index is 13.9. The van der Waals surface area contributed by atoms with E-state index in [0.29, 0.717) is 22.6 Å². The summed E-state index contributed by atoms with van der Waals surface area (Å²) in [6.07, 6.45) is 0. The summed E-state index contributed by atoms with van der Waals surface area (Å²) in [5.41, 5.74) is 10.4. The number of nitrogens with zero attached hydrogens (tertiary/aromatic N) is 6. The topological polar surface area (TPSA) is 159 Å². The third-order valence-corrected chi connectivity index (χ3v) is 6.74. The average molecular weight is 528 g/mol. The Morgan fingerprint density at radius 3 is 2.49 bits per heavy atom. The van der Waals surface area contributed by atoms with Crippen molar-refractivity contribution in [1.82, 2.24) is 34.5 Å². The number of anilines is 2. The highest BCUT2D eigenvalue weighted by Gasteiger charge is 2.20. The molecule has 39 heavy (non-hydrogen) atoms. The summed E-state index contributed by atoms with van der Waals surface area (Å²) in [5, 5.41) is 13.9. The molecule has 1 atom stereocenters. The molecule has 0 aliphatic heterocycles. The fourth-order valence-corrected chi connectivity index (χ4v) is 4.59. The number of hydrogen-bond donors (Lipinski definition) is 3. The number of ether oxygens (including phenoxy) is 1. The van der Waals surface area contributed by atoms with Crippen molar-refractivity contribution in [2.75, 3.05) is 18.2 Å². The van der Waals surface area contributed by atoms with Gasteiger partial charge >= 0.3 is 11.4 Å². The van der Waals surface area contributed by atoms with E-state index in [-0.39, 0.29) is 19.0 Å². The van der Waals surface area contributed by atoms with E-state index in [1.54, 1.807) is 26.2 Å². The second-order valence-corrected chi connectivity index (χ2v) is 9.35. The molecular weight excluding hydrogens is 498 g/mol. The predicted molar refractivity (Wildman–Crippen MR) is 148 cm³/mol. The van der Waals surface area contributed by atoms with Gasteiger partial charge in [0.2, 0.25) is 5.95 Å². The smallest absolute Gasteiger partial charge is 0.355 e. The summed E-state index contributed by atoms with van der Waals surface area (Å²) in [6, 6.07) is 14.1. The third kappa shape index (κ3) is 5.08. The standard InChI is InChI=1S/C27H29N9O3/c1-15-11-16(2)30-24(28)21(15)13-29-25-31-26(37)36(17(3)19-7-10-22-23(12-19)33-34-32-22)27(38)35(25)14-18-5-8-20(39-4)9-6-18/h5-12,17H,13-14H2,1-4H3,(H2,28,30)(H,29,31,37)(H,32,33,34). The minimum absolute atomic E-state index is 0.135. The van der Waals surface area contributed by atoms with E-state index in [1.165, 1.54) is 4.57 Å². The van der Waals surface area contributed by atoms with E-state index in [0.717, 1.165) is 32.5 Å². The SMILES string of the molecule is COc1ccc(Cn2c(NCc3c(C)cc(C)nc3N)nc(=O)n(C(C)c3ccc4n[nH]nc4c3)c2=O)cc1. The molecule has 0 saturated heterocycles. The summed E-state index contributed by atoms with van der Waals surface area (Å²) in [4.78, 5) is 35.8. The lowest BCUT2D eigenvalue weighted by Gasteiger charge is -2.20. The van der Waals surface area contributed by atoms with Gasteiger partial charge in [-0.15, -0.1) is 0 Å². The van der Waals surface area contributed by atoms with Crippen molar-refractivity contribution in [2.45, 2.75) is 39.9 Å². The number of aromatic nitrogens is 7. The fourth-order valence-electron chi connectivity index (χ4n) is 4.59. The zero-order chi connectivity index (χ0) is 27.7. The Balaban J connectivity index is 1.57. The summed E-state index contributed by atoms with van der Waals surface area (Å²) < 4.78 is 7.84. The number of pyridine rings is 1. The maximum Gasteiger partial charge on any atom is 0.355 e. The van der Waals surface area contributed by atoms with Crippen molar-refractivity contribution in [3.63, 3.8) is 0 Å². The van der Waals surface area contributed by atoms with Gasteiger partial charge in [0.15, 0.2) is 0 Å². The highest BCUT2D eigenvalue weighted by Crippen LogP contribution is 2.21. The Morgan fingerprint density at radius 1 is 1.03 bits per heavy atom. The van der Waals surface area contributed by atoms with Crippen molar-refractivity contribution in [2.24, 2.45) is 0 Å². The summed E-state index contributed by atoms with van der Waals surface area (Å²) in [6.45, 7) is 6.00. The van der Waals surface area contributed by atoms with Gasteiger partial charge in [0.1, 0.15) is 22.6 Å². The van der Waals surface area contributed by atoms with Gasteiger partial charge in [-0.05, 0) is 67.8 Å². The van der Waals surface area contributed by atoms with Crippen molar-refractivity contribution < 1.29 is 4.74 Å². The van der Waals surface area contributed by atoms with Gasteiger partial charge in [0, 0.05) is 17.8 Å². The highest BCUT2D eigenvalue weighted by atomic mass is 16.5. The number of nitrogens with one attached hydrogen (secondary N) is 2. The first kappa shape index (κ1) is 25.6. The van der Waals surface area contributed by atoms with Gasteiger partial charge < -0.3 is 15.8 Å². The maximum atomic E-state index is 13.9. The van der Waals surface area contributed by atoms with E-state index in [2.05, 4.69) is 30.7 Å². The van der Waals surface area contributed by atoms with Crippen LogP contribution in [0.5, 0.6) is 5.75 Å². The summed E-state index contributed by atoms with van der Waals surface area (Å²) in [7, 11) is 1.59. The van der Waals surface area contributed by atoms with Gasteiger partial charge in [-0.25, -0.2) is 19.1 Å². The molecule has 3 aromatic heterocycles. The Bertz CT molecular complexity index is 1750. The zero-order valence-electron chi connectivity index (χ0n) is 22.1. The van der Waals surface area contributed by atoms with Crippen LogP contribution in [0.2, 0.25) is 0 Å². The van der Waals surface area contributed by atoms with Crippen LogP contribution in [0.1, 0.15) is 40.9 Å². The van der Waals surface area contributed by atoms with Crippen LogP contribution in [0.3, 0.4) is 0 Å². The lowest BCUT2D eigenvalue weighted by molar-refractivity contribution is 0.414. The number of aryl methyl sites for hydroxylation is 2. The van der Waals surface area contributed by atoms with Crippen LogP contribution in [0.15, 0.2) is 58.1 Å². The number of nitrogen functional groups attached to an aromatic ring is 1. The minimum Gasteiger partial charge on any atom is -0.497 e.